The zero-order valence-electron chi connectivity index (χ0n) is 20.3. The number of thiophene rings is 1. The van der Waals surface area contributed by atoms with Gasteiger partial charge < -0.3 is 15.4 Å². The highest BCUT2D eigenvalue weighted by Crippen LogP contribution is 2.46. The Kier molecular flexibility index (Phi) is 6.42. The Labute approximate surface area is 218 Å². The van der Waals surface area contributed by atoms with Gasteiger partial charge in [-0.3, -0.25) is 14.5 Å². The second kappa shape index (κ2) is 9.54. The molecule has 2 amide bonds. The van der Waals surface area contributed by atoms with E-state index in [0.29, 0.717) is 27.9 Å². The summed E-state index contributed by atoms with van der Waals surface area (Å²) in [5.41, 5.74) is 5.75. The molecule has 1 aliphatic heterocycles. The minimum atomic E-state index is -0.510. The highest BCUT2D eigenvalue weighted by atomic mass is 35.5. The average molecular weight is 521 g/mol. The van der Waals surface area contributed by atoms with Gasteiger partial charge in [-0.15, -0.1) is 11.3 Å². The summed E-state index contributed by atoms with van der Waals surface area (Å²) in [6, 6.07) is 15.1. The van der Waals surface area contributed by atoms with E-state index in [2.05, 4.69) is 10.6 Å². The van der Waals surface area contributed by atoms with Crippen molar-refractivity contribution < 1.29 is 14.3 Å². The Morgan fingerprint density at radius 2 is 1.94 bits per heavy atom. The molecule has 4 aromatic rings. The van der Waals surface area contributed by atoms with Gasteiger partial charge in [-0.1, -0.05) is 29.8 Å². The van der Waals surface area contributed by atoms with Crippen molar-refractivity contribution in [1.29, 1.82) is 0 Å². The van der Waals surface area contributed by atoms with Crippen LogP contribution in [0.3, 0.4) is 0 Å². The van der Waals surface area contributed by atoms with Crippen LogP contribution in [0.4, 0.5) is 17.1 Å². The summed E-state index contributed by atoms with van der Waals surface area (Å²) in [4.78, 5) is 33.4. The topological polar surface area (TPSA) is 83.6 Å². The van der Waals surface area contributed by atoms with Crippen LogP contribution in [0.2, 0.25) is 5.02 Å². The number of carbonyl (C=O) groups excluding carboxylic acids is 2. The van der Waals surface area contributed by atoms with Crippen LogP contribution in [-0.4, -0.2) is 23.9 Å². The number of carbonyl (C=O) groups is 2. The number of halogens is 1. The monoisotopic (exact) mass is 520 g/mol. The van der Waals surface area contributed by atoms with Crippen LogP contribution in [-0.2, 0) is 16.1 Å². The number of aryl methyl sites for hydroxylation is 2. The number of rotatable bonds is 5. The molecule has 1 aliphatic rings. The fourth-order valence-corrected chi connectivity index (χ4v) is 5.82. The zero-order chi connectivity index (χ0) is 25.6. The number of hydrogen-bond donors (Lipinski definition) is 2. The first-order valence-electron chi connectivity index (χ1n) is 11.4. The van der Waals surface area contributed by atoms with E-state index in [9.17, 15) is 9.59 Å². The molecule has 2 N–H and O–H groups in total. The minimum Gasteiger partial charge on any atom is -0.380 e. The van der Waals surface area contributed by atoms with Crippen molar-refractivity contribution in [2.75, 3.05) is 22.6 Å². The Balaban J connectivity index is 1.68. The van der Waals surface area contributed by atoms with E-state index < -0.39 is 6.17 Å². The number of methoxy groups -OCH3 is 1. The Morgan fingerprint density at radius 3 is 2.61 bits per heavy atom. The summed E-state index contributed by atoms with van der Waals surface area (Å²) in [5.74, 6) is -0.281. The van der Waals surface area contributed by atoms with Gasteiger partial charge in [0.25, 0.3) is 5.91 Å². The number of fused-ring (bicyclic) bond motifs is 3. The smallest absolute Gasteiger partial charge is 0.272 e. The molecule has 184 valence electrons. The molecule has 2 aromatic heterocycles. The van der Waals surface area contributed by atoms with Gasteiger partial charge in [-0.05, 0) is 60.9 Å². The molecule has 0 radical (unpaired) electrons. The molecule has 0 saturated heterocycles. The van der Waals surface area contributed by atoms with Crippen molar-refractivity contribution >= 4 is 62.0 Å². The van der Waals surface area contributed by atoms with E-state index >= 15 is 0 Å². The third kappa shape index (κ3) is 4.32. The average Bonchev–Trinajstić information content (AvgIpc) is 3.20. The van der Waals surface area contributed by atoms with Crippen LogP contribution >= 0.6 is 22.9 Å². The Morgan fingerprint density at radius 1 is 1.19 bits per heavy atom. The van der Waals surface area contributed by atoms with Crippen molar-refractivity contribution in [3.8, 4) is 0 Å². The lowest BCUT2D eigenvalue weighted by atomic mass is 10.0. The van der Waals surface area contributed by atoms with Gasteiger partial charge in [0.2, 0.25) is 5.91 Å². The van der Waals surface area contributed by atoms with Crippen LogP contribution in [0.5, 0.6) is 0 Å². The lowest BCUT2D eigenvalue weighted by Gasteiger charge is -2.37. The molecular weight excluding hydrogens is 496 g/mol. The molecular formula is C27H25ClN4O3S. The number of benzene rings is 2. The zero-order valence-corrected chi connectivity index (χ0v) is 21.9. The van der Waals surface area contributed by atoms with E-state index in [1.165, 1.54) is 18.3 Å². The van der Waals surface area contributed by atoms with E-state index in [4.69, 9.17) is 21.3 Å². The Hall–Kier alpha value is -3.46. The molecule has 0 aliphatic carbocycles. The first kappa shape index (κ1) is 24.2. The first-order valence-corrected chi connectivity index (χ1v) is 12.6. The van der Waals surface area contributed by atoms with Crippen LogP contribution in [0.15, 0.2) is 48.5 Å². The SMILES string of the molecule is COCc1cc(C)nc2sc3c(c12)N[C@@H](c1ccc(NC(C)=O)cc1)N(c1ccc(C)c(Cl)c1)C3=O. The van der Waals surface area contributed by atoms with E-state index in [0.717, 1.165) is 38.3 Å². The molecule has 0 spiro atoms. The molecule has 0 fully saturated rings. The number of aromatic nitrogens is 1. The molecule has 0 bridgehead atoms. The van der Waals surface area contributed by atoms with Gasteiger partial charge in [0.05, 0.1) is 12.3 Å². The molecule has 3 heterocycles. The van der Waals surface area contributed by atoms with E-state index in [1.54, 1.807) is 12.0 Å². The van der Waals surface area contributed by atoms with Gasteiger partial charge in [0.15, 0.2) is 0 Å². The summed E-state index contributed by atoms with van der Waals surface area (Å²) < 4.78 is 5.45. The maximum Gasteiger partial charge on any atom is 0.272 e. The molecule has 1 atom stereocenters. The quantitative estimate of drug-likeness (QED) is 0.316. The number of pyridine rings is 1. The number of hydrogen-bond acceptors (Lipinski definition) is 6. The largest absolute Gasteiger partial charge is 0.380 e. The molecule has 0 unspecified atom stereocenters. The van der Waals surface area contributed by atoms with Crippen molar-refractivity contribution in [1.82, 2.24) is 4.98 Å². The standard InChI is InChI=1S/C27H25ClN4O3S/c1-14-5-10-20(12-21(14)28)32-25(17-6-8-19(9-7-17)30-16(3)33)31-23-22-18(13-35-4)11-15(2)29-26(22)36-24(23)27(32)34/h5-12,25,31H,13H2,1-4H3,(H,30,33)/t25-/m1/s1. The highest BCUT2D eigenvalue weighted by molar-refractivity contribution is 7.21. The molecule has 5 rings (SSSR count). The maximum absolute atomic E-state index is 14.1. The third-order valence-corrected chi connectivity index (χ3v) is 7.58. The number of ether oxygens (including phenoxy) is 1. The van der Waals surface area contributed by atoms with Crippen LogP contribution in [0.25, 0.3) is 10.2 Å². The van der Waals surface area contributed by atoms with Gasteiger partial charge >= 0.3 is 0 Å². The molecule has 2 aromatic carbocycles. The predicted molar refractivity (Wildman–Crippen MR) is 145 cm³/mol. The normalized spacial score (nSPS) is 15.1. The van der Waals surface area contributed by atoms with Gasteiger partial charge in [-0.2, -0.15) is 0 Å². The lowest BCUT2D eigenvalue weighted by molar-refractivity contribution is -0.114. The van der Waals surface area contributed by atoms with Crippen LogP contribution in [0.1, 0.15) is 45.1 Å². The van der Waals surface area contributed by atoms with Crippen LogP contribution < -0.4 is 15.5 Å². The lowest BCUT2D eigenvalue weighted by Crippen LogP contribution is -2.42. The molecule has 36 heavy (non-hydrogen) atoms. The number of nitrogens with zero attached hydrogens (tertiary/aromatic N) is 2. The number of anilines is 3. The number of nitrogens with one attached hydrogen (secondary N) is 2. The van der Waals surface area contributed by atoms with Crippen molar-refractivity contribution in [2.24, 2.45) is 0 Å². The van der Waals surface area contributed by atoms with Crippen LogP contribution in [0, 0.1) is 13.8 Å². The van der Waals surface area contributed by atoms with Crippen molar-refractivity contribution in [3.05, 3.63) is 80.8 Å². The number of amides is 2. The van der Waals surface area contributed by atoms with Crippen molar-refractivity contribution in [2.45, 2.75) is 33.5 Å². The van der Waals surface area contributed by atoms with Crippen molar-refractivity contribution in [3.63, 3.8) is 0 Å². The summed E-state index contributed by atoms with van der Waals surface area (Å²) in [5, 5.41) is 7.89. The minimum absolute atomic E-state index is 0.136. The van der Waals surface area contributed by atoms with Gasteiger partial charge in [0.1, 0.15) is 15.9 Å². The fourth-order valence-electron chi connectivity index (χ4n) is 4.48. The second-order valence-electron chi connectivity index (χ2n) is 8.80. The first-order chi connectivity index (χ1) is 17.3. The third-order valence-electron chi connectivity index (χ3n) is 6.10. The van der Waals surface area contributed by atoms with Gasteiger partial charge in [-0.25, -0.2) is 4.98 Å². The highest BCUT2D eigenvalue weighted by Gasteiger charge is 2.38. The molecule has 7 nitrogen and oxygen atoms in total. The molecule has 0 saturated carbocycles. The van der Waals surface area contributed by atoms with Gasteiger partial charge in [0, 0.05) is 41.5 Å². The Bertz CT molecular complexity index is 1500. The maximum atomic E-state index is 14.1. The summed E-state index contributed by atoms with van der Waals surface area (Å²) in [6.07, 6.45) is -0.510. The van der Waals surface area contributed by atoms with E-state index in [1.807, 2.05) is 62.4 Å². The second-order valence-corrected chi connectivity index (χ2v) is 10.2. The summed E-state index contributed by atoms with van der Waals surface area (Å²) in [7, 11) is 1.65. The molecule has 9 heteroatoms. The summed E-state index contributed by atoms with van der Waals surface area (Å²) in [6.45, 7) is 5.74. The predicted octanol–water partition coefficient (Wildman–Crippen LogP) is 6.44. The fraction of sp³-hybridized carbons (Fsp3) is 0.222. The van der Waals surface area contributed by atoms with E-state index in [-0.39, 0.29) is 11.8 Å². The summed E-state index contributed by atoms with van der Waals surface area (Å²) >= 11 is 7.83.